The van der Waals surface area contributed by atoms with E-state index in [0.29, 0.717) is 6.04 Å². The zero-order valence-corrected chi connectivity index (χ0v) is 16.3. The molecule has 1 aromatic rings. The number of ether oxygens (including phenoxy) is 1. The molecular formula is C22H33NO2. The molecule has 2 atom stereocenters. The molecule has 0 spiro atoms. The molecule has 1 aliphatic carbocycles. The number of carbonyl (C=O) groups is 1. The largest absolute Gasteiger partial charge is 0.375 e. The number of benzene rings is 1. The Kier molecular flexibility index (Phi) is 5.24. The molecule has 3 rings (SSSR count). The van der Waals surface area contributed by atoms with Gasteiger partial charge in [-0.25, -0.2) is 0 Å². The number of hydrogen-bond donors (Lipinski definition) is 0. The minimum Gasteiger partial charge on any atom is -0.375 e. The summed E-state index contributed by atoms with van der Waals surface area (Å²) in [6, 6.07) is 11.2. The Bertz CT molecular complexity index is 593. The first-order valence-electron chi connectivity index (χ1n) is 9.78. The van der Waals surface area contributed by atoms with Crippen LogP contribution in [0.15, 0.2) is 30.3 Å². The van der Waals surface area contributed by atoms with Crippen molar-refractivity contribution in [3.63, 3.8) is 0 Å². The molecule has 1 aliphatic heterocycles. The van der Waals surface area contributed by atoms with E-state index in [1.54, 1.807) is 6.92 Å². The van der Waals surface area contributed by atoms with Gasteiger partial charge in [0.15, 0.2) is 0 Å². The minimum atomic E-state index is -0.129. The summed E-state index contributed by atoms with van der Waals surface area (Å²) in [6.45, 7) is 9.98. The molecule has 0 bridgehead atoms. The van der Waals surface area contributed by atoms with Gasteiger partial charge >= 0.3 is 0 Å². The van der Waals surface area contributed by atoms with Crippen molar-refractivity contribution in [1.82, 2.24) is 4.90 Å². The molecule has 25 heavy (non-hydrogen) atoms. The van der Waals surface area contributed by atoms with Crippen LogP contribution in [0.1, 0.15) is 65.4 Å². The van der Waals surface area contributed by atoms with Crippen molar-refractivity contribution < 1.29 is 9.53 Å². The molecule has 0 aromatic heterocycles. The van der Waals surface area contributed by atoms with Gasteiger partial charge in [0.25, 0.3) is 0 Å². The molecule has 2 unspecified atom stereocenters. The van der Waals surface area contributed by atoms with Crippen molar-refractivity contribution in [2.24, 2.45) is 5.92 Å². The van der Waals surface area contributed by atoms with E-state index in [1.807, 2.05) is 0 Å². The Balaban J connectivity index is 1.73. The van der Waals surface area contributed by atoms with Crippen LogP contribution in [-0.4, -0.2) is 35.6 Å². The highest BCUT2D eigenvalue weighted by atomic mass is 16.5. The number of hydrogen-bond acceptors (Lipinski definition) is 2. The molecule has 1 saturated carbocycles. The van der Waals surface area contributed by atoms with Crippen molar-refractivity contribution in [3.8, 4) is 0 Å². The first-order valence-corrected chi connectivity index (χ1v) is 9.78. The maximum Gasteiger partial charge on any atom is 0.219 e. The molecule has 1 heterocycles. The molecule has 1 aromatic carbocycles. The molecule has 1 amide bonds. The van der Waals surface area contributed by atoms with E-state index in [4.69, 9.17) is 4.74 Å². The van der Waals surface area contributed by atoms with E-state index in [2.05, 4.69) is 56.0 Å². The highest BCUT2D eigenvalue weighted by Gasteiger charge is 2.43. The average molecular weight is 344 g/mol. The molecule has 2 aliphatic rings. The summed E-state index contributed by atoms with van der Waals surface area (Å²) in [5, 5.41) is 0. The van der Waals surface area contributed by atoms with Gasteiger partial charge in [-0.05, 0) is 62.8 Å². The third-order valence-corrected chi connectivity index (χ3v) is 6.30. The smallest absolute Gasteiger partial charge is 0.219 e. The first-order chi connectivity index (χ1) is 11.8. The topological polar surface area (TPSA) is 29.5 Å². The Labute approximate surface area is 152 Å². The van der Waals surface area contributed by atoms with Crippen molar-refractivity contribution in [3.05, 3.63) is 35.9 Å². The van der Waals surface area contributed by atoms with Crippen molar-refractivity contribution in [2.75, 3.05) is 13.2 Å². The molecule has 1 saturated heterocycles. The average Bonchev–Trinajstić information content (AvgIpc) is 3.40. The van der Waals surface area contributed by atoms with Crippen molar-refractivity contribution in [1.29, 1.82) is 0 Å². The number of amides is 1. The second kappa shape index (κ2) is 7.11. The van der Waals surface area contributed by atoms with E-state index < -0.39 is 0 Å². The van der Waals surface area contributed by atoms with Gasteiger partial charge in [-0.15, -0.1) is 0 Å². The van der Waals surface area contributed by atoms with Gasteiger partial charge in [0.1, 0.15) is 0 Å². The Morgan fingerprint density at radius 1 is 1.24 bits per heavy atom. The lowest BCUT2D eigenvalue weighted by molar-refractivity contribution is -0.138. The molecular weight excluding hydrogens is 310 g/mol. The summed E-state index contributed by atoms with van der Waals surface area (Å²) in [5.74, 6) is 0.962. The summed E-state index contributed by atoms with van der Waals surface area (Å²) in [6.07, 6.45) is 5.55. The number of carbonyl (C=O) groups excluding carboxylic acids is 1. The Morgan fingerprint density at radius 3 is 2.48 bits per heavy atom. The standard InChI is InChI=1S/C22H33NO2/c1-17(24)23(20-12-15-25-21(2,3)16-20)14-13-22(4,19-10-11-19)18-8-6-5-7-9-18/h5-9,19-20H,10-16H2,1-4H3. The van der Waals surface area contributed by atoms with Crippen molar-refractivity contribution >= 4 is 5.91 Å². The third-order valence-electron chi connectivity index (χ3n) is 6.30. The van der Waals surface area contributed by atoms with E-state index >= 15 is 0 Å². The second-order valence-electron chi connectivity index (χ2n) is 8.77. The van der Waals surface area contributed by atoms with E-state index in [0.717, 1.165) is 38.3 Å². The summed E-state index contributed by atoms with van der Waals surface area (Å²) >= 11 is 0. The fourth-order valence-electron chi connectivity index (χ4n) is 4.54. The zero-order chi connectivity index (χ0) is 18.1. The van der Waals surface area contributed by atoms with Crippen LogP contribution in [0, 0.1) is 5.92 Å². The Morgan fingerprint density at radius 2 is 1.92 bits per heavy atom. The van der Waals surface area contributed by atoms with E-state index in [1.165, 1.54) is 18.4 Å². The van der Waals surface area contributed by atoms with Gasteiger partial charge in [0.2, 0.25) is 5.91 Å². The lowest BCUT2D eigenvalue weighted by Crippen LogP contribution is -2.49. The van der Waals surface area contributed by atoms with E-state index in [9.17, 15) is 4.79 Å². The molecule has 3 heteroatoms. The summed E-state index contributed by atoms with van der Waals surface area (Å²) in [7, 11) is 0. The molecule has 0 N–H and O–H groups in total. The van der Waals surface area contributed by atoms with Gasteiger partial charge in [-0.3, -0.25) is 4.79 Å². The zero-order valence-electron chi connectivity index (χ0n) is 16.3. The SMILES string of the molecule is CC(=O)N(CCC(C)(c1ccccc1)C1CC1)C1CCOC(C)(C)C1. The summed E-state index contributed by atoms with van der Waals surface area (Å²) < 4.78 is 5.85. The van der Waals surface area contributed by atoms with Crippen LogP contribution in [-0.2, 0) is 14.9 Å². The van der Waals surface area contributed by atoms with Gasteiger partial charge in [-0.1, -0.05) is 37.3 Å². The number of nitrogens with zero attached hydrogens (tertiary/aromatic N) is 1. The lowest BCUT2D eigenvalue weighted by Gasteiger charge is -2.42. The summed E-state index contributed by atoms with van der Waals surface area (Å²) in [4.78, 5) is 14.5. The van der Waals surface area contributed by atoms with Crippen LogP contribution >= 0.6 is 0 Å². The number of rotatable bonds is 6. The van der Waals surface area contributed by atoms with Gasteiger partial charge in [0.05, 0.1) is 5.60 Å². The van der Waals surface area contributed by atoms with Crippen LogP contribution < -0.4 is 0 Å². The minimum absolute atomic E-state index is 0.129. The maximum absolute atomic E-state index is 12.4. The lowest BCUT2D eigenvalue weighted by atomic mass is 9.75. The predicted octanol–water partition coefficient (Wildman–Crippen LogP) is 4.55. The monoisotopic (exact) mass is 343 g/mol. The predicted molar refractivity (Wildman–Crippen MR) is 102 cm³/mol. The van der Waals surface area contributed by atoms with Crippen LogP contribution in [0.4, 0.5) is 0 Å². The normalized spacial score (nSPS) is 25.2. The van der Waals surface area contributed by atoms with Gasteiger partial charge in [-0.2, -0.15) is 0 Å². The van der Waals surface area contributed by atoms with Crippen LogP contribution in [0.5, 0.6) is 0 Å². The fraction of sp³-hybridized carbons (Fsp3) is 0.682. The molecule has 2 fully saturated rings. The Hall–Kier alpha value is -1.35. The van der Waals surface area contributed by atoms with E-state index in [-0.39, 0.29) is 16.9 Å². The van der Waals surface area contributed by atoms with Crippen LogP contribution in [0.25, 0.3) is 0 Å². The highest BCUT2D eigenvalue weighted by molar-refractivity contribution is 5.73. The second-order valence-corrected chi connectivity index (χ2v) is 8.77. The molecule has 138 valence electrons. The quantitative estimate of drug-likeness (QED) is 0.758. The van der Waals surface area contributed by atoms with Gasteiger partial charge in [0, 0.05) is 26.1 Å². The van der Waals surface area contributed by atoms with Crippen LogP contribution in [0.2, 0.25) is 0 Å². The fourth-order valence-corrected chi connectivity index (χ4v) is 4.54. The third kappa shape index (κ3) is 4.25. The molecule has 0 radical (unpaired) electrons. The summed E-state index contributed by atoms with van der Waals surface area (Å²) in [5.41, 5.74) is 1.47. The van der Waals surface area contributed by atoms with Gasteiger partial charge < -0.3 is 9.64 Å². The highest BCUT2D eigenvalue weighted by Crippen LogP contribution is 2.49. The van der Waals surface area contributed by atoms with Crippen LogP contribution in [0.3, 0.4) is 0 Å². The van der Waals surface area contributed by atoms with Crippen molar-refractivity contribution in [2.45, 2.75) is 76.9 Å². The molecule has 3 nitrogen and oxygen atoms in total. The first kappa shape index (κ1) is 18.4. The maximum atomic E-state index is 12.4.